The highest BCUT2D eigenvalue weighted by molar-refractivity contribution is 5.02. The van der Waals surface area contributed by atoms with Crippen LogP contribution in [-0.2, 0) is 18.2 Å². The van der Waals surface area contributed by atoms with E-state index in [1.807, 2.05) is 17.8 Å². The van der Waals surface area contributed by atoms with Gasteiger partial charge in [0.15, 0.2) is 0 Å². The third kappa shape index (κ3) is 2.53. The summed E-state index contributed by atoms with van der Waals surface area (Å²) in [6.07, 6.45) is 7.31. The van der Waals surface area contributed by atoms with Crippen molar-refractivity contribution in [1.29, 1.82) is 0 Å². The number of aliphatic hydroxyl groups is 1. The molecule has 1 fully saturated rings. The topological polar surface area (TPSA) is 47.3 Å². The Labute approximate surface area is 103 Å². The molecule has 0 spiro atoms. The molecule has 0 amide bonds. The summed E-state index contributed by atoms with van der Waals surface area (Å²) in [5.41, 5.74) is 0.867. The highest BCUT2D eigenvalue weighted by atomic mass is 16.5. The first-order chi connectivity index (χ1) is 8.18. The van der Waals surface area contributed by atoms with Crippen LogP contribution in [0.5, 0.6) is 0 Å². The molecule has 4 heteroatoms. The molecule has 96 valence electrons. The van der Waals surface area contributed by atoms with Crippen molar-refractivity contribution in [1.82, 2.24) is 9.78 Å². The van der Waals surface area contributed by atoms with Gasteiger partial charge in [-0.3, -0.25) is 4.68 Å². The fourth-order valence-electron chi connectivity index (χ4n) is 2.84. The zero-order valence-electron chi connectivity index (χ0n) is 10.7. The lowest BCUT2D eigenvalue weighted by Crippen LogP contribution is -2.41. The number of aliphatic hydroxyl groups excluding tert-OH is 1. The molecule has 1 heterocycles. The maximum atomic E-state index is 10.3. The van der Waals surface area contributed by atoms with E-state index in [0.29, 0.717) is 0 Å². The number of methoxy groups -OCH3 is 1. The summed E-state index contributed by atoms with van der Waals surface area (Å²) in [5, 5.41) is 14.5. The Morgan fingerprint density at radius 1 is 1.53 bits per heavy atom. The number of nitrogens with zero attached hydrogens (tertiary/aromatic N) is 2. The van der Waals surface area contributed by atoms with Crippen LogP contribution in [0.3, 0.4) is 0 Å². The van der Waals surface area contributed by atoms with Crippen LogP contribution in [0.25, 0.3) is 0 Å². The second kappa shape index (κ2) is 5.19. The lowest BCUT2D eigenvalue weighted by atomic mass is 9.91. The fraction of sp³-hybridized carbons (Fsp3) is 0.769. The fourth-order valence-corrected chi connectivity index (χ4v) is 2.84. The summed E-state index contributed by atoms with van der Waals surface area (Å²) in [4.78, 5) is 0. The summed E-state index contributed by atoms with van der Waals surface area (Å²) >= 11 is 0. The standard InChI is InChI=1S/C13H22N2O2/c1-15-11(7-10-14-15)5-6-12(16)13(17-2)8-3-4-9-13/h7,10,12,16H,3-6,8-9H2,1-2H3. The van der Waals surface area contributed by atoms with Crippen LogP contribution in [0.15, 0.2) is 12.3 Å². The van der Waals surface area contributed by atoms with Crippen molar-refractivity contribution in [3.8, 4) is 0 Å². The van der Waals surface area contributed by atoms with Crippen molar-refractivity contribution < 1.29 is 9.84 Å². The van der Waals surface area contributed by atoms with E-state index in [4.69, 9.17) is 4.74 Å². The zero-order valence-corrected chi connectivity index (χ0v) is 10.7. The van der Waals surface area contributed by atoms with E-state index in [-0.39, 0.29) is 11.7 Å². The molecule has 0 bridgehead atoms. The van der Waals surface area contributed by atoms with Crippen LogP contribution < -0.4 is 0 Å². The number of aryl methyl sites for hydroxylation is 2. The Balaban J connectivity index is 1.92. The monoisotopic (exact) mass is 238 g/mol. The van der Waals surface area contributed by atoms with Crippen molar-refractivity contribution in [2.45, 2.75) is 50.2 Å². The van der Waals surface area contributed by atoms with Gasteiger partial charge in [-0.15, -0.1) is 0 Å². The van der Waals surface area contributed by atoms with Gasteiger partial charge in [0, 0.05) is 26.0 Å². The Morgan fingerprint density at radius 2 is 2.24 bits per heavy atom. The summed E-state index contributed by atoms with van der Waals surface area (Å²) in [6, 6.07) is 2.00. The molecule has 1 unspecified atom stereocenters. The molecule has 1 saturated carbocycles. The summed E-state index contributed by atoms with van der Waals surface area (Å²) in [6.45, 7) is 0. The minimum atomic E-state index is -0.370. The molecule has 0 aliphatic heterocycles. The average molecular weight is 238 g/mol. The first-order valence-electron chi connectivity index (χ1n) is 6.38. The highest BCUT2D eigenvalue weighted by Gasteiger charge is 2.40. The van der Waals surface area contributed by atoms with E-state index in [9.17, 15) is 5.11 Å². The van der Waals surface area contributed by atoms with Crippen LogP contribution in [-0.4, -0.2) is 33.7 Å². The van der Waals surface area contributed by atoms with Gasteiger partial charge in [-0.2, -0.15) is 5.10 Å². The molecule has 1 aromatic rings. The van der Waals surface area contributed by atoms with Gasteiger partial charge in [0.1, 0.15) is 0 Å². The molecule has 0 radical (unpaired) electrons. The Morgan fingerprint density at radius 3 is 2.76 bits per heavy atom. The van der Waals surface area contributed by atoms with Gasteiger partial charge >= 0.3 is 0 Å². The summed E-state index contributed by atoms with van der Waals surface area (Å²) < 4.78 is 7.45. The van der Waals surface area contributed by atoms with Gasteiger partial charge in [-0.1, -0.05) is 12.8 Å². The normalized spacial score (nSPS) is 20.6. The van der Waals surface area contributed by atoms with E-state index in [1.54, 1.807) is 13.3 Å². The third-order valence-electron chi connectivity index (χ3n) is 4.06. The molecule has 0 saturated heterocycles. The van der Waals surface area contributed by atoms with Crippen LogP contribution in [0.1, 0.15) is 37.8 Å². The molecule has 0 aromatic carbocycles. The van der Waals surface area contributed by atoms with Crippen molar-refractivity contribution >= 4 is 0 Å². The molecule has 2 rings (SSSR count). The van der Waals surface area contributed by atoms with Crippen molar-refractivity contribution in [3.05, 3.63) is 18.0 Å². The minimum Gasteiger partial charge on any atom is -0.390 e. The molecular formula is C13H22N2O2. The molecule has 1 aliphatic rings. The van der Waals surface area contributed by atoms with Crippen molar-refractivity contribution in [3.63, 3.8) is 0 Å². The van der Waals surface area contributed by atoms with Crippen molar-refractivity contribution in [2.24, 2.45) is 7.05 Å². The predicted molar refractivity (Wildman–Crippen MR) is 65.7 cm³/mol. The maximum absolute atomic E-state index is 10.3. The molecule has 1 atom stereocenters. The lowest BCUT2D eigenvalue weighted by Gasteiger charge is -2.32. The molecule has 1 N–H and O–H groups in total. The Kier molecular flexibility index (Phi) is 3.84. The number of ether oxygens (including phenoxy) is 1. The smallest absolute Gasteiger partial charge is 0.0936 e. The van der Waals surface area contributed by atoms with E-state index in [1.165, 1.54) is 0 Å². The first-order valence-corrected chi connectivity index (χ1v) is 6.38. The van der Waals surface area contributed by atoms with Gasteiger partial charge < -0.3 is 9.84 Å². The van der Waals surface area contributed by atoms with Crippen LogP contribution in [0.2, 0.25) is 0 Å². The van der Waals surface area contributed by atoms with Gasteiger partial charge in [-0.05, 0) is 31.7 Å². The number of aromatic nitrogens is 2. The van der Waals surface area contributed by atoms with Gasteiger partial charge in [0.2, 0.25) is 0 Å². The lowest BCUT2D eigenvalue weighted by molar-refractivity contribution is -0.100. The second-order valence-corrected chi connectivity index (χ2v) is 4.98. The molecule has 1 aromatic heterocycles. The molecule has 17 heavy (non-hydrogen) atoms. The minimum absolute atomic E-state index is 0.293. The van der Waals surface area contributed by atoms with E-state index in [0.717, 1.165) is 44.2 Å². The summed E-state index contributed by atoms with van der Waals surface area (Å²) in [7, 11) is 3.65. The molecular weight excluding hydrogens is 216 g/mol. The Hall–Kier alpha value is -0.870. The highest BCUT2D eigenvalue weighted by Crippen LogP contribution is 2.37. The van der Waals surface area contributed by atoms with Crippen molar-refractivity contribution in [2.75, 3.05) is 7.11 Å². The summed E-state index contributed by atoms with van der Waals surface area (Å²) in [5.74, 6) is 0. The zero-order chi connectivity index (χ0) is 12.3. The number of hydrogen-bond acceptors (Lipinski definition) is 3. The first kappa shape index (κ1) is 12.6. The van der Waals surface area contributed by atoms with Gasteiger partial charge in [0.05, 0.1) is 11.7 Å². The quantitative estimate of drug-likeness (QED) is 0.849. The third-order valence-corrected chi connectivity index (χ3v) is 4.06. The number of rotatable bonds is 5. The van der Waals surface area contributed by atoms with Crippen LogP contribution >= 0.6 is 0 Å². The predicted octanol–water partition coefficient (Wildman–Crippen LogP) is 1.67. The average Bonchev–Trinajstić information content (AvgIpc) is 2.95. The van der Waals surface area contributed by atoms with Gasteiger partial charge in [0.25, 0.3) is 0 Å². The maximum Gasteiger partial charge on any atom is 0.0936 e. The SMILES string of the molecule is COC1(C(O)CCc2ccnn2C)CCCC1. The van der Waals surface area contributed by atoms with E-state index < -0.39 is 0 Å². The second-order valence-electron chi connectivity index (χ2n) is 4.98. The van der Waals surface area contributed by atoms with Gasteiger partial charge in [-0.25, -0.2) is 0 Å². The Bertz CT molecular complexity index is 356. The molecule has 1 aliphatic carbocycles. The largest absolute Gasteiger partial charge is 0.390 e. The molecule has 4 nitrogen and oxygen atoms in total. The van der Waals surface area contributed by atoms with Crippen LogP contribution in [0, 0.1) is 0 Å². The number of hydrogen-bond donors (Lipinski definition) is 1. The van der Waals surface area contributed by atoms with E-state index in [2.05, 4.69) is 5.10 Å². The van der Waals surface area contributed by atoms with Crippen LogP contribution in [0.4, 0.5) is 0 Å². The van der Waals surface area contributed by atoms with E-state index >= 15 is 0 Å².